The summed E-state index contributed by atoms with van der Waals surface area (Å²) in [4.78, 5) is 10.6. The largest absolute Gasteiger partial charge is 0.486 e. The Hall–Kier alpha value is -2.80. The number of anilines is 3. The van der Waals surface area contributed by atoms with Gasteiger partial charge in [-0.2, -0.15) is 13.8 Å². The standard InChI is InChI=1S/C26H36F3N5O4S/c1-25(2)13-17(14-26(3,4)34(25)5)31-22-19(27)15-30-24(33-22)32-16-6-7-20(21(12-16)38-23(28)29)37-18-8-10-39(35,36)11-9-18/h6-7,12,15,17-18,23H,8-11,13-14H2,1-5H3,(H2,30,31,32,33). The minimum atomic E-state index is -3.10. The fourth-order valence-electron chi connectivity index (χ4n) is 5.36. The van der Waals surface area contributed by atoms with Crippen molar-refractivity contribution in [2.75, 3.05) is 29.2 Å². The van der Waals surface area contributed by atoms with Crippen LogP contribution in [0.3, 0.4) is 0 Å². The summed E-state index contributed by atoms with van der Waals surface area (Å²) in [6, 6.07) is 4.30. The maximum Gasteiger partial charge on any atom is 0.387 e. The Morgan fingerprint density at radius 3 is 2.33 bits per heavy atom. The van der Waals surface area contributed by atoms with Gasteiger partial charge in [-0.05, 0) is 72.6 Å². The molecule has 0 radical (unpaired) electrons. The van der Waals surface area contributed by atoms with Gasteiger partial charge in [-0.3, -0.25) is 4.90 Å². The molecule has 0 atom stereocenters. The highest BCUT2D eigenvalue weighted by Gasteiger charge is 2.43. The van der Waals surface area contributed by atoms with Crippen LogP contribution in [0.15, 0.2) is 24.4 Å². The zero-order valence-corrected chi connectivity index (χ0v) is 23.6. The van der Waals surface area contributed by atoms with E-state index in [1.54, 1.807) is 6.07 Å². The number of hydrogen-bond donors (Lipinski definition) is 2. The third-order valence-corrected chi connectivity index (χ3v) is 9.32. The molecule has 0 bridgehead atoms. The van der Waals surface area contributed by atoms with E-state index in [9.17, 15) is 21.6 Å². The number of nitrogens with one attached hydrogen (secondary N) is 2. The van der Waals surface area contributed by atoms with Gasteiger partial charge in [0.2, 0.25) is 5.95 Å². The summed E-state index contributed by atoms with van der Waals surface area (Å²) < 4.78 is 74.8. The molecular weight excluding hydrogens is 535 g/mol. The second kappa shape index (κ2) is 11.0. The van der Waals surface area contributed by atoms with Crippen LogP contribution in [0.5, 0.6) is 11.5 Å². The fourth-order valence-corrected chi connectivity index (χ4v) is 6.81. The molecule has 2 aliphatic rings. The molecule has 39 heavy (non-hydrogen) atoms. The van der Waals surface area contributed by atoms with Gasteiger partial charge in [-0.15, -0.1) is 0 Å². The Bertz CT molecular complexity index is 1260. The van der Waals surface area contributed by atoms with Gasteiger partial charge < -0.3 is 20.1 Å². The first-order valence-electron chi connectivity index (χ1n) is 12.9. The zero-order valence-electron chi connectivity index (χ0n) is 22.8. The number of aromatic nitrogens is 2. The van der Waals surface area contributed by atoms with E-state index in [0.29, 0.717) is 5.69 Å². The van der Waals surface area contributed by atoms with Crippen molar-refractivity contribution < 1.29 is 31.1 Å². The van der Waals surface area contributed by atoms with Crippen LogP contribution in [0.1, 0.15) is 53.4 Å². The lowest BCUT2D eigenvalue weighted by atomic mass is 9.77. The fraction of sp³-hybridized carbons (Fsp3) is 0.615. The topological polar surface area (TPSA) is 106 Å². The van der Waals surface area contributed by atoms with Gasteiger partial charge in [-0.1, -0.05) is 0 Å². The Labute approximate surface area is 227 Å². The minimum Gasteiger partial charge on any atom is -0.486 e. The van der Waals surface area contributed by atoms with E-state index >= 15 is 0 Å². The number of alkyl halides is 2. The molecule has 0 saturated carbocycles. The number of benzene rings is 1. The van der Waals surface area contributed by atoms with E-state index in [0.717, 1.165) is 19.0 Å². The van der Waals surface area contributed by atoms with Gasteiger partial charge in [-0.25, -0.2) is 17.8 Å². The van der Waals surface area contributed by atoms with Crippen LogP contribution >= 0.6 is 0 Å². The quantitative estimate of drug-likeness (QED) is 0.454. The number of sulfone groups is 1. The third-order valence-electron chi connectivity index (χ3n) is 7.60. The Morgan fingerprint density at radius 1 is 1.08 bits per heavy atom. The SMILES string of the molecule is CN1C(C)(C)CC(Nc2nc(Nc3ccc(OC4CCS(=O)(=O)CC4)c(OC(F)F)c3)ncc2F)CC1(C)C. The van der Waals surface area contributed by atoms with Crippen LogP contribution in [0.25, 0.3) is 0 Å². The predicted octanol–water partition coefficient (Wildman–Crippen LogP) is 4.98. The van der Waals surface area contributed by atoms with E-state index in [-0.39, 0.29) is 64.7 Å². The van der Waals surface area contributed by atoms with Crippen molar-refractivity contribution in [3.63, 3.8) is 0 Å². The predicted molar refractivity (Wildman–Crippen MR) is 143 cm³/mol. The van der Waals surface area contributed by atoms with Gasteiger partial charge in [0.25, 0.3) is 0 Å². The molecule has 1 aromatic heterocycles. The Morgan fingerprint density at radius 2 is 1.72 bits per heavy atom. The molecule has 4 rings (SSSR count). The van der Waals surface area contributed by atoms with E-state index < -0.39 is 28.4 Å². The molecule has 13 heteroatoms. The van der Waals surface area contributed by atoms with Gasteiger partial charge >= 0.3 is 6.61 Å². The molecule has 0 aliphatic carbocycles. The van der Waals surface area contributed by atoms with Crippen LogP contribution in [0, 0.1) is 5.82 Å². The molecule has 2 fully saturated rings. The van der Waals surface area contributed by atoms with E-state index in [1.165, 1.54) is 12.1 Å². The Balaban J connectivity index is 1.50. The van der Waals surface area contributed by atoms with Crippen molar-refractivity contribution in [3.8, 4) is 11.5 Å². The maximum atomic E-state index is 14.7. The molecule has 2 saturated heterocycles. The number of rotatable bonds is 8. The molecule has 0 amide bonds. The summed E-state index contributed by atoms with van der Waals surface area (Å²) in [7, 11) is -1.01. The molecule has 2 aliphatic heterocycles. The highest BCUT2D eigenvalue weighted by atomic mass is 32.2. The van der Waals surface area contributed by atoms with Crippen molar-refractivity contribution in [1.82, 2.24) is 14.9 Å². The van der Waals surface area contributed by atoms with Crippen LogP contribution in [0.2, 0.25) is 0 Å². The van der Waals surface area contributed by atoms with Gasteiger partial charge in [0, 0.05) is 28.9 Å². The van der Waals surface area contributed by atoms with Crippen LogP contribution in [-0.4, -0.2) is 71.7 Å². The molecule has 0 spiro atoms. The van der Waals surface area contributed by atoms with E-state index in [1.807, 2.05) is 0 Å². The summed E-state index contributed by atoms with van der Waals surface area (Å²) in [5.41, 5.74) is 0.102. The lowest BCUT2D eigenvalue weighted by Gasteiger charge is -2.53. The summed E-state index contributed by atoms with van der Waals surface area (Å²) >= 11 is 0. The van der Waals surface area contributed by atoms with E-state index in [2.05, 4.69) is 65.0 Å². The summed E-state index contributed by atoms with van der Waals surface area (Å²) in [6.45, 7) is 5.49. The van der Waals surface area contributed by atoms with Crippen LogP contribution in [-0.2, 0) is 9.84 Å². The first-order valence-corrected chi connectivity index (χ1v) is 14.7. The number of nitrogens with zero attached hydrogens (tertiary/aromatic N) is 3. The number of hydrogen-bond acceptors (Lipinski definition) is 9. The van der Waals surface area contributed by atoms with Crippen LogP contribution < -0.4 is 20.1 Å². The van der Waals surface area contributed by atoms with E-state index in [4.69, 9.17) is 4.74 Å². The third kappa shape index (κ3) is 7.24. The first-order chi connectivity index (χ1) is 18.1. The second-order valence-electron chi connectivity index (χ2n) is 11.5. The van der Waals surface area contributed by atoms with Gasteiger partial charge in [0.05, 0.1) is 17.7 Å². The lowest BCUT2D eigenvalue weighted by molar-refractivity contribution is -0.0520. The average Bonchev–Trinajstić information content (AvgIpc) is 2.82. The first kappa shape index (κ1) is 29.2. The number of halogens is 3. The highest BCUT2D eigenvalue weighted by Crippen LogP contribution is 2.38. The molecule has 1 aromatic carbocycles. The van der Waals surface area contributed by atoms with Crippen molar-refractivity contribution in [1.29, 1.82) is 0 Å². The van der Waals surface area contributed by atoms with Crippen molar-refractivity contribution in [2.45, 2.75) is 83.2 Å². The average molecular weight is 572 g/mol. The monoisotopic (exact) mass is 571 g/mol. The molecule has 3 heterocycles. The number of ether oxygens (including phenoxy) is 2. The van der Waals surface area contributed by atoms with Crippen molar-refractivity contribution in [3.05, 3.63) is 30.2 Å². The maximum absolute atomic E-state index is 14.7. The van der Waals surface area contributed by atoms with Gasteiger partial charge in [0.1, 0.15) is 6.10 Å². The Kier molecular flexibility index (Phi) is 8.23. The second-order valence-corrected chi connectivity index (χ2v) is 13.8. The highest BCUT2D eigenvalue weighted by molar-refractivity contribution is 7.91. The smallest absolute Gasteiger partial charge is 0.387 e. The molecule has 9 nitrogen and oxygen atoms in total. The van der Waals surface area contributed by atoms with Gasteiger partial charge in [0.15, 0.2) is 33.0 Å². The van der Waals surface area contributed by atoms with Crippen molar-refractivity contribution in [2.24, 2.45) is 0 Å². The molecule has 0 unspecified atom stereocenters. The summed E-state index contributed by atoms with van der Waals surface area (Å²) in [5.74, 6) is -0.681. The number of likely N-dealkylation sites (tertiary alicyclic amines) is 1. The van der Waals surface area contributed by atoms with Crippen molar-refractivity contribution >= 4 is 27.3 Å². The summed E-state index contributed by atoms with van der Waals surface area (Å²) in [5, 5.41) is 6.13. The normalized spacial score (nSPS) is 21.5. The molecule has 2 aromatic rings. The minimum absolute atomic E-state index is 0.0207. The molecular formula is C26H36F3N5O4S. The summed E-state index contributed by atoms with van der Waals surface area (Å²) in [6.07, 6.45) is 2.70. The molecule has 2 N–H and O–H groups in total. The zero-order chi connectivity index (χ0) is 28.6. The number of piperidine rings is 1. The van der Waals surface area contributed by atoms with Crippen LogP contribution in [0.4, 0.5) is 30.6 Å². The lowest BCUT2D eigenvalue weighted by Crippen LogP contribution is -2.61. The molecule has 216 valence electrons.